The Morgan fingerprint density at radius 2 is 2.23 bits per heavy atom. The van der Waals surface area contributed by atoms with Gasteiger partial charge in [-0.3, -0.25) is 5.84 Å². The molecule has 0 spiro atoms. The molecule has 3 N–H and O–H groups in total. The first-order chi connectivity index (χ1) is 6.19. The summed E-state index contributed by atoms with van der Waals surface area (Å²) in [6.45, 7) is 1.90. The molecule has 0 bridgehead atoms. The highest BCUT2D eigenvalue weighted by Crippen LogP contribution is 2.16. The zero-order valence-electron chi connectivity index (χ0n) is 7.63. The first-order valence-electron chi connectivity index (χ1n) is 3.84. The van der Waals surface area contributed by atoms with Crippen LogP contribution in [0, 0.1) is 6.92 Å². The fraction of sp³-hybridized carbons (Fsp3) is 0.222. The van der Waals surface area contributed by atoms with Crippen LogP contribution < -0.4 is 11.3 Å². The Hall–Kier alpha value is -1.55. The van der Waals surface area contributed by atoms with Crippen LogP contribution in [0.15, 0.2) is 18.2 Å². The van der Waals surface area contributed by atoms with Crippen molar-refractivity contribution in [2.75, 3.05) is 12.5 Å². The number of hydrazine groups is 1. The van der Waals surface area contributed by atoms with Gasteiger partial charge in [0.1, 0.15) is 0 Å². The number of rotatable bonds is 2. The maximum absolute atomic E-state index is 11.2. The predicted octanol–water partition coefficient (Wildman–Crippen LogP) is 1.07. The molecule has 0 saturated heterocycles. The van der Waals surface area contributed by atoms with Gasteiger partial charge < -0.3 is 10.2 Å². The molecule has 0 aliphatic rings. The molecule has 0 aliphatic carbocycles. The third kappa shape index (κ3) is 1.97. The second-order valence-corrected chi connectivity index (χ2v) is 2.68. The fourth-order valence-electron chi connectivity index (χ4n) is 1.06. The first-order valence-corrected chi connectivity index (χ1v) is 3.84. The van der Waals surface area contributed by atoms with E-state index in [1.54, 1.807) is 12.1 Å². The van der Waals surface area contributed by atoms with Gasteiger partial charge in [-0.25, -0.2) is 4.79 Å². The summed E-state index contributed by atoms with van der Waals surface area (Å²) in [5, 5.41) is 0. The Morgan fingerprint density at radius 1 is 1.54 bits per heavy atom. The molecule has 0 fully saturated rings. The average molecular weight is 180 g/mol. The summed E-state index contributed by atoms with van der Waals surface area (Å²) in [7, 11) is 1.34. The van der Waals surface area contributed by atoms with Crippen LogP contribution in [0.1, 0.15) is 15.9 Å². The van der Waals surface area contributed by atoms with E-state index in [-0.39, 0.29) is 0 Å². The number of hydrogen-bond donors (Lipinski definition) is 2. The Labute approximate surface area is 76.7 Å². The van der Waals surface area contributed by atoms with Gasteiger partial charge in [0.2, 0.25) is 0 Å². The smallest absolute Gasteiger partial charge is 0.340 e. The molecule has 70 valence electrons. The molecule has 0 radical (unpaired) electrons. The molecule has 0 amide bonds. The van der Waals surface area contributed by atoms with Crippen molar-refractivity contribution in [1.82, 2.24) is 0 Å². The minimum absolute atomic E-state index is 0.392. The van der Waals surface area contributed by atoms with E-state index in [2.05, 4.69) is 10.2 Å². The third-order valence-corrected chi connectivity index (χ3v) is 1.74. The molecule has 0 atom stereocenters. The minimum atomic E-state index is -0.392. The van der Waals surface area contributed by atoms with Gasteiger partial charge in [0, 0.05) is 0 Å². The quantitative estimate of drug-likeness (QED) is 0.406. The minimum Gasteiger partial charge on any atom is -0.465 e. The lowest BCUT2D eigenvalue weighted by atomic mass is 10.1. The number of nitrogens with two attached hydrogens (primary N) is 1. The van der Waals surface area contributed by atoms with E-state index in [9.17, 15) is 4.79 Å². The van der Waals surface area contributed by atoms with Crippen LogP contribution in [0.4, 0.5) is 5.69 Å². The topological polar surface area (TPSA) is 64.3 Å². The SMILES string of the molecule is COC(=O)c1cc(C)ccc1NN. The van der Waals surface area contributed by atoms with Crippen molar-refractivity contribution < 1.29 is 9.53 Å². The number of carbonyl (C=O) groups excluding carboxylic acids is 1. The summed E-state index contributed by atoms with van der Waals surface area (Å²) in [6.07, 6.45) is 0. The van der Waals surface area contributed by atoms with Crippen LogP contribution in [0.3, 0.4) is 0 Å². The summed E-state index contributed by atoms with van der Waals surface area (Å²) < 4.78 is 4.60. The number of anilines is 1. The van der Waals surface area contributed by atoms with Crippen molar-refractivity contribution in [3.63, 3.8) is 0 Å². The van der Waals surface area contributed by atoms with Crippen molar-refractivity contribution in [3.05, 3.63) is 29.3 Å². The number of nitrogen functional groups attached to an aromatic ring is 1. The van der Waals surface area contributed by atoms with Gasteiger partial charge in [0.25, 0.3) is 0 Å². The molecule has 0 unspecified atom stereocenters. The maximum atomic E-state index is 11.2. The standard InChI is InChI=1S/C9H12N2O2/c1-6-3-4-8(11-10)7(5-6)9(12)13-2/h3-5,11H,10H2,1-2H3. The highest BCUT2D eigenvalue weighted by atomic mass is 16.5. The highest BCUT2D eigenvalue weighted by Gasteiger charge is 2.10. The normalized spacial score (nSPS) is 9.46. The van der Waals surface area contributed by atoms with E-state index in [0.29, 0.717) is 11.3 Å². The van der Waals surface area contributed by atoms with Gasteiger partial charge in [0.15, 0.2) is 0 Å². The summed E-state index contributed by atoms with van der Waals surface area (Å²) in [5.74, 6) is 4.84. The summed E-state index contributed by atoms with van der Waals surface area (Å²) in [5.41, 5.74) is 4.44. The molecule has 1 aromatic carbocycles. The second-order valence-electron chi connectivity index (χ2n) is 2.68. The van der Waals surface area contributed by atoms with E-state index < -0.39 is 5.97 Å². The number of aryl methyl sites for hydroxylation is 1. The van der Waals surface area contributed by atoms with Gasteiger partial charge in [-0.05, 0) is 19.1 Å². The average Bonchev–Trinajstić information content (AvgIpc) is 2.16. The van der Waals surface area contributed by atoms with Crippen LogP contribution in [0.5, 0.6) is 0 Å². The molecule has 0 heterocycles. The lowest BCUT2D eigenvalue weighted by Crippen LogP contribution is -2.13. The Balaban J connectivity index is 3.15. The number of carbonyl (C=O) groups is 1. The van der Waals surface area contributed by atoms with E-state index in [1.165, 1.54) is 7.11 Å². The largest absolute Gasteiger partial charge is 0.465 e. The summed E-state index contributed by atoms with van der Waals surface area (Å²) >= 11 is 0. The monoisotopic (exact) mass is 180 g/mol. The van der Waals surface area contributed by atoms with Gasteiger partial charge in [0.05, 0.1) is 18.4 Å². The molecular formula is C9H12N2O2. The number of hydrogen-bond acceptors (Lipinski definition) is 4. The lowest BCUT2D eigenvalue weighted by Gasteiger charge is -2.07. The number of nitrogens with one attached hydrogen (secondary N) is 1. The highest BCUT2D eigenvalue weighted by molar-refractivity contribution is 5.95. The van der Waals surface area contributed by atoms with Gasteiger partial charge in [-0.2, -0.15) is 0 Å². The molecule has 13 heavy (non-hydrogen) atoms. The predicted molar refractivity (Wildman–Crippen MR) is 50.3 cm³/mol. The number of methoxy groups -OCH3 is 1. The number of esters is 1. The van der Waals surface area contributed by atoms with Crippen molar-refractivity contribution in [2.24, 2.45) is 5.84 Å². The van der Waals surface area contributed by atoms with Crippen LogP contribution in [0.2, 0.25) is 0 Å². The van der Waals surface area contributed by atoms with Crippen molar-refractivity contribution >= 4 is 11.7 Å². The number of benzene rings is 1. The Bertz CT molecular complexity index is 323. The van der Waals surface area contributed by atoms with Crippen LogP contribution >= 0.6 is 0 Å². The maximum Gasteiger partial charge on any atom is 0.340 e. The number of ether oxygens (including phenoxy) is 1. The summed E-state index contributed by atoms with van der Waals surface area (Å²) in [4.78, 5) is 11.2. The molecule has 4 heteroatoms. The van der Waals surface area contributed by atoms with Crippen LogP contribution in [0.25, 0.3) is 0 Å². The summed E-state index contributed by atoms with van der Waals surface area (Å²) in [6, 6.07) is 5.32. The van der Waals surface area contributed by atoms with E-state index in [1.807, 2.05) is 13.0 Å². The van der Waals surface area contributed by atoms with Crippen LogP contribution in [-0.2, 0) is 4.74 Å². The van der Waals surface area contributed by atoms with Crippen molar-refractivity contribution in [2.45, 2.75) is 6.92 Å². The molecule has 0 aromatic heterocycles. The van der Waals surface area contributed by atoms with Gasteiger partial charge in [-0.15, -0.1) is 0 Å². The fourth-order valence-corrected chi connectivity index (χ4v) is 1.06. The zero-order valence-corrected chi connectivity index (χ0v) is 7.63. The Morgan fingerprint density at radius 3 is 2.77 bits per heavy atom. The van der Waals surface area contributed by atoms with E-state index in [4.69, 9.17) is 5.84 Å². The molecule has 1 aromatic rings. The van der Waals surface area contributed by atoms with E-state index in [0.717, 1.165) is 5.56 Å². The second kappa shape index (κ2) is 3.91. The van der Waals surface area contributed by atoms with Crippen molar-refractivity contribution in [1.29, 1.82) is 0 Å². The zero-order chi connectivity index (χ0) is 9.84. The molecule has 0 saturated carbocycles. The molecular weight excluding hydrogens is 168 g/mol. The van der Waals surface area contributed by atoms with Gasteiger partial charge in [-0.1, -0.05) is 11.6 Å². The molecule has 0 aliphatic heterocycles. The lowest BCUT2D eigenvalue weighted by molar-refractivity contribution is 0.0601. The van der Waals surface area contributed by atoms with Gasteiger partial charge >= 0.3 is 5.97 Å². The molecule has 4 nitrogen and oxygen atoms in total. The molecule has 1 rings (SSSR count). The van der Waals surface area contributed by atoms with Crippen LogP contribution in [-0.4, -0.2) is 13.1 Å². The third-order valence-electron chi connectivity index (χ3n) is 1.74. The van der Waals surface area contributed by atoms with Crippen molar-refractivity contribution in [3.8, 4) is 0 Å². The first kappa shape index (κ1) is 9.54. The van der Waals surface area contributed by atoms with E-state index >= 15 is 0 Å². The Kier molecular flexibility index (Phi) is 2.87.